The van der Waals surface area contributed by atoms with Crippen molar-refractivity contribution in [3.63, 3.8) is 0 Å². The van der Waals surface area contributed by atoms with Gasteiger partial charge in [0, 0.05) is 0 Å². The van der Waals surface area contributed by atoms with Crippen LogP contribution in [0.5, 0.6) is 5.75 Å². The van der Waals surface area contributed by atoms with E-state index in [1.165, 1.54) is 0 Å². The molecule has 0 saturated heterocycles. The number of hydrogen-bond acceptors (Lipinski definition) is 7. The summed E-state index contributed by atoms with van der Waals surface area (Å²) < 4.78 is 33.4. The fourth-order valence-electron chi connectivity index (χ4n) is 1.78. The van der Waals surface area contributed by atoms with E-state index in [-0.39, 0.29) is 19.8 Å². The smallest absolute Gasteiger partial charge is 0.390 e. The van der Waals surface area contributed by atoms with Gasteiger partial charge in [-0.25, -0.2) is 4.57 Å². The van der Waals surface area contributed by atoms with E-state index in [0.29, 0.717) is 11.3 Å². The molecule has 130 valence electrons. The van der Waals surface area contributed by atoms with Crippen molar-refractivity contribution < 1.29 is 27.9 Å². The average Bonchev–Trinajstić information content (AvgIpc) is 2.53. The number of carbonyl (C=O) groups excluding carboxylic acids is 1. The van der Waals surface area contributed by atoms with Crippen molar-refractivity contribution in [2.45, 2.75) is 26.0 Å². The topological polar surface area (TPSA) is 71.1 Å². The predicted octanol–water partition coefficient (Wildman–Crippen LogP) is 4.21. The van der Waals surface area contributed by atoms with Crippen LogP contribution in [0.4, 0.5) is 0 Å². The van der Waals surface area contributed by atoms with Crippen LogP contribution < -0.4 is 4.74 Å². The number of hydrogen-bond donors (Lipinski definition) is 0. The summed E-state index contributed by atoms with van der Waals surface area (Å²) >= 11 is 0.852. The van der Waals surface area contributed by atoms with Gasteiger partial charge in [0.25, 0.3) is 0 Å². The molecule has 0 fully saturated rings. The standard InChI is InChI=1S/C15H23O6PS/c1-5-19-15(16)14(12-8-10-13(18-4)11-9-12)23-22(17,20-6-2)21-7-3/h8-11,14H,5-7H2,1-4H3. The first-order valence-corrected chi connectivity index (χ1v) is 10.4. The van der Waals surface area contributed by atoms with Crippen LogP contribution in [-0.2, 0) is 23.1 Å². The molecule has 1 aromatic rings. The van der Waals surface area contributed by atoms with Gasteiger partial charge in [-0.15, -0.1) is 0 Å². The lowest BCUT2D eigenvalue weighted by Crippen LogP contribution is -2.14. The van der Waals surface area contributed by atoms with Crippen molar-refractivity contribution in [1.29, 1.82) is 0 Å². The van der Waals surface area contributed by atoms with Crippen LogP contribution in [0.2, 0.25) is 0 Å². The van der Waals surface area contributed by atoms with Gasteiger partial charge in [0.1, 0.15) is 11.0 Å². The molecule has 1 aromatic carbocycles. The van der Waals surface area contributed by atoms with E-state index in [1.54, 1.807) is 52.1 Å². The first-order valence-electron chi connectivity index (χ1n) is 7.37. The first kappa shape index (κ1) is 20.0. The number of methoxy groups -OCH3 is 1. The molecular formula is C15H23O6PS. The Morgan fingerprint density at radius 2 is 1.65 bits per heavy atom. The molecule has 1 rings (SSSR count). The normalized spacial score (nSPS) is 12.7. The highest BCUT2D eigenvalue weighted by molar-refractivity contribution is 8.55. The Kier molecular flexibility index (Phi) is 8.69. The van der Waals surface area contributed by atoms with Crippen molar-refractivity contribution in [1.82, 2.24) is 0 Å². The van der Waals surface area contributed by atoms with Crippen molar-refractivity contribution in [3.8, 4) is 5.75 Å². The third-order valence-electron chi connectivity index (χ3n) is 2.73. The minimum Gasteiger partial charge on any atom is -0.497 e. The number of benzene rings is 1. The van der Waals surface area contributed by atoms with Crippen molar-refractivity contribution in [2.24, 2.45) is 0 Å². The molecule has 0 spiro atoms. The largest absolute Gasteiger partial charge is 0.497 e. The van der Waals surface area contributed by atoms with E-state index in [0.717, 1.165) is 11.4 Å². The number of carbonyl (C=O) groups is 1. The molecule has 1 atom stereocenters. The SMILES string of the molecule is CCOC(=O)C(SP(=O)(OCC)OCC)c1ccc(OC)cc1. The fraction of sp³-hybridized carbons (Fsp3) is 0.533. The molecule has 0 aliphatic rings. The number of rotatable bonds is 10. The minimum absolute atomic E-state index is 0.225. The Hall–Kier alpha value is -1.01. The van der Waals surface area contributed by atoms with Gasteiger partial charge in [-0.1, -0.05) is 12.1 Å². The first-order chi connectivity index (χ1) is 11.0. The highest BCUT2D eigenvalue weighted by Crippen LogP contribution is 2.65. The van der Waals surface area contributed by atoms with Crippen LogP contribution in [0, 0.1) is 0 Å². The molecule has 0 aliphatic heterocycles. The Bertz CT molecular complexity index is 523. The minimum atomic E-state index is -3.45. The zero-order valence-electron chi connectivity index (χ0n) is 13.8. The van der Waals surface area contributed by atoms with Gasteiger partial charge < -0.3 is 18.5 Å². The van der Waals surface area contributed by atoms with Crippen molar-refractivity contribution >= 4 is 24.1 Å². The van der Waals surface area contributed by atoms with Crippen LogP contribution >= 0.6 is 18.2 Å². The molecule has 1 unspecified atom stereocenters. The van der Waals surface area contributed by atoms with Crippen LogP contribution in [0.3, 0.4) is 0 Å². The lowest BCUT2D eigenvalue weighted by Gasteiger charge is -2.21. The second-order valence-electron chi connectivity index (χ2n) is 4.29. The number of esters is 1. The van der Waals surface area contributed by atoms with Gasteiger partial charge in [-0.05, 0) is 49.8 Å². The molecule has 0 radical (unpaired) electrons. The molecule has 0 N–H and O–H groups in total. The summed E-state index contributed by atoms with van der Waals surface area (Å²) in [4.78, 5) is 12.3. The van der Waals surface area contributed by atoms with Gasteiger partial charge in [0.2, 0.25) is 0 Å². The lowest BCUT2D eigenvalue weighted by molar-refractivity contribution is -0.142. The molecule has 0 bridgehead atoms. The van der Waals surface area contributed by atoms with E-state index >= 15 is 0 Å². The van der Waals surface area contributed by atoms with E-state index in [2.05, 4.69) is 0 Å². The van der Waals surface area contributed by atoms with Gasteiger partial charge in [0.15, 0.2) is 0 Å². The van der Waals surface area contributed by atoms with E-state index < -0.39 is 18.0 Å². The second kappa shape index (κ2) is 9.98. The Morgan fingerprint density at radius 3 is 2.09 bits per heavy atom. The highest BCUT2D eigenvalue weighted by Gasteiger charge is 2.35. The molecule has 0 aromatic heterocycles. The zero-order valence-corrected chi connectivity index (χ0v) is 15.5. The predicted molar refractivity (Wildman–Crippen MR) is 90.8 cm³/mol. The van der Waals surface area contributed by atoms with E-state index in [4.69, 9.17) is 18.5 Å². The maximum absolute atomic E-state index is 12.7. The van der Waals surface area contributed by atoms with Crippen molar-refractivity contribution in [3.05, 3.63) is 29.8 Å². The highest BCUT2D eigenvalue weighted by atomic mass is 32.7. The summed E-state index contributed by atoms with van der Waals surface area (Å²) in [5, 5.41) is -0.801. The average molecular weight is 362 g/mol. The maximum atomic E-state index is 12.7. The monoisotopic (exact) mass is 362 g/mol. The summed E-state index contributed by atoms with van der Waals surface area (Å²) in [7, 11) is 1.56. The molecule has 6 nitrogen and oxygen atoms in total. The van der Waals surface area contributed by atoms with E-state index in [1.807, 2.05) is 0 Å². The molecule has 0 saturated carbocycles. The summed E-state index contributed by atoms with van der Waals surface area (Å²) in [5.74, 6) is 0.182. The van der Waals surface area contributed by atoms with Crippen LogP contribution in [0.15, 0.2) is 24.3 Å². The number of ether oxygens (including phenoxy) is 2. The van der Waals surface area contributed by atoms with Crippen LogP contribution in [0.25, 0.3) is 0 Å². The third-order valence-corrected chi connectivity index (χ3v) is 6.85. The third kappa shape index (κ3) is 6.18. The van der Waals surface area contributed by atoms with Crippen molar-refractivity contribution in [2.75, 3.05) is 26.9 Å². The molecule has 0 aliphatic carbocycles. The lowest BCUT2D eigenvalue weighted by atomic mass is 10.1. The second-order valence-corrected chi connectivity index (χ2v) is 8.36. The van der Waals surface area contributed by atoms with Gasteiger partial charge >= 0.3 is 12.8 Å². The van der Waals surface area contributed by atoms with Crippen LogP contribution in [-0.4, -0.2) is 32.9 Å². The molecule has 0 amide bonds. The fourth-order valence-corrected chi connectivity index (χ4v) is 5.70. The van der Waals surface area contributed by atoms with Crippen LogP contribution in [0.1, 0.15) is 31.6 Å². The molecular weight excluding hydrogens is 339 g/mol. The Morgan fingerprint density at radius 1 is 1.09 bits per heavy atom. The Labute approximate surface area is 141 Å². The summed E-state index contributed by atoms with van der Waals surface area (Å²) in [6, 6.07) is 6.92. The summed E-state index contributed by atoms with van der Waals surface area (Å²) in [5.41, 5.74) is 0.647. The van der Waals surface area contributed by atoms with Gasteiger partial charge in [-0.2, -0.15) is 0 Å². The molecule has 8 heteroatoms. The summed E-state index contributed by atoms with van der Waals surface area (Å²) in [6.07, 6.45) is 0. The van der Waals surface area contributed by atoms with Gasteiger partial charge in [0.05, 0.1) is 26.9 Å². The summed E-state index contributed by atoms with van der Waals surface area (Å²) in [6.45, 7) is 2.40. The van der Waals surface area contributed by atoms with E-state index in [9.17, 15) is 9.36 Å². The molecule has 23 heavy (non-hydrogen) atoms. The quantitative estimate of drug-likeness (QED) is 0.456. The zero-order chi connectivity index (χ0) is 17.3. The Balaban J connectivity index is 3.08. The maximum Gasteiger partial charge on any atom is 0.390 e. The molecule has 0 heterocycles. The van der Waals surface area contributed by atoms with Gasteiger partial charge in [-0.3, -0.25) is 4.79 Å².